The number of hydrogen-bond acceptors (Lipinski definition) is 4. The van der Waals surface area contributed by atoms with Crippen LogP contribution in [-0.4, -0.2) is 35.5 Å². The molecular weight excluding hydrogens is 228 g/mol. The van der Waals surface area contributed by atoms with Crippen LogP contribution in [0.2, 0.25) is 5.15 Å². The number of nitrogens with one attached hydrogen (secondary N) is 1. The van der Waals surface area contributed by atoms with E-state index in [-0.39, 0.29) is 12.1 Å². The fraction of sp³-hybridized carbons (Fsp3) is 0.545. The summed E-state index contributed by atoms with van der Waals surface area (Å²) in [5.74, 6) is 0. The first kappa shape index (κ1) is 11.6. The lowest BCUT2D eigenvalue weighted by Crippen LogP contribution is -2.46. The molecular formula is C11H15ClN2O2. The number of aromatic nitrogens is 1. The Hall–Kier alpha value is -0.840. The summed E-state index contributed by atoms with van der Waals surface area (Å²) in [6, 6.07) is 3.60. The zero-order valence-electron chi connectivity index (χ0n) is 8.95. The third-order valence-corrected chi connectivity index (χ3v) is 3.10. The maximum atomic E-state index is 9.51. The lowest BCUT2D eigenvalue weighted by molar-refractivity contribution is 0.0380. The molecule has 16 heavy (non-hydrogen) atoms. The molecule has 5 heteroatoms. The Morgan fingerprint density at radius 3 is 2.88 bits per heavy atom. The molecule has 1 aliphatic heterocycles. The molecule has 0 amide bonds. The Balaban J connectivity index is 2.11. The molecule has 2 N–H and O–H groups in total. The molecule has 1 saturated heterocycles. The van der Waals surface area contributed by atoms with Gasteiger partial charge in [-0.1, -0.05) is 11.6 Å². The molecule has 0 spiro atoms. The van der Waals surface area contributed by atoms with Gasteiger partial charge in [-0.3, -0.25) is 0 Å². The molecule has 0 aromatic carbocycles. The van der Waals surface area contributed by atoms with Gasteiger partial charge in [0.1, 0.15) is 5.15 Å². The molecule has 1 aromatic heterocycles. The number of aliphatic hydroxyl groups excluding tert-OH is 1. The fourth-order valence-electron chi connectivity index (χ4n) is 1.87. The summed E-state index contributed by atoms with van der Waals surface area (Å²) in [5.41, 5.74) is 0.596. The van der Waals surface area contributed by atoms with E-state index < -0.39 is 0 Å². The van der Waals surface area contributed by atoms with Crippen LogP contribution in [0.15, 0.2) is 18.3 Å². The molecule has 1 aromatic rings. The first-order chi connectivity index (χ1) is 7.74. The van der Waals surface area contributed by atoms with E-state index in [0.717, 1.165) is 18.5 Å². The molecule has 4 nitrogen and oxygen atoms in total. The van der Waals surface area contributed by atoms with Gasteiger partial charge in [-0.2, -0.15) is 0 Å². The second-order valence-electron chi connectivity index (χ2n) is 4.04. The number of hydrogen-bond donors (Lipinski definition) is 2. The quantitative estimate of drug-likeness (QED) is 0.792. The Bertz CT molecular complexity index is 354. The Kier molecular flexibility index (Phi) is 3.63. The molecule has 0 radical (unpaired) electrons. The number of aliphatic hydroxyl groups is 1. The summed E-state index contributed by atoms with van der Waals surface area (Å²) in [5, 5.41) is 13.3. The van der Waals surface area contributed by atoms with E-state index in [2.05, 4.69) is 10.3 Å². The highest BCUT2D eigenvalue weighted by molar-refractivity contribution is 6.29. The summed E-state index contributed by atoms with van der Waals surface area (Å²) in [6.45, 7) is 1.44. The average Bonchev–Trinajstić information content (AvgIpc) is 2.30. The Morgan fingerprint density at radius 1 is 1.50 bits per heavy atom. The fourth-order valence-corrected chi connectivity index (χ4v) is 2.05. The Labute approximate surface area is 99.6 Å². The van der Waals surface area contributed by atoms with Gasteiger partial charge in [-0.05, 0) is 25.0 Å². The van der Waals surface area contributed by atoms with Crippen LogP contribution in [0.5, 0.6) is 0 Å². The zero-order valence-corrected chi connectivity index (χ0v) is 9.70. The van der Waals surface area contributed by atoms with Crippen LogP contribution < -0.4 is 5.32 Å². The van der Waals surface area contributed by atoms with Crippen molar-refractivity contribution < 1.29 is 9.84 Å². The largest absolute Gasteiger partial charge is 0.394 e. The third-order valence-electron chi connectivity index (χ3n) is 2.89. The molecule has 0 atom stereocenters. The number of anilines is 1. The van der Waals surface area contributed by atoms with Gasteiger partial charge in [0.25, 0.3) is 0 Å². The summed E-state index contributed by atoms with van der Waals surface area (Å²) < 4.78 is 5.30. The van der Waals surface area contributed by atoms with Crippen LogP contribution in [0.4, 0.5) is 5.69 Å². The van der Waals surface area contributed by atoms with Crippen molar-refractivity contribution in [3.63, 3.8) is 0 Å². The number of halogens is 1. The molecule has 2 rings (SSSR count). The Morgan fingerprint density at radius 2 is 2.25 bits per heavy atom. The van der Waals surface area contributed by atoms with Crippen molar-refractivity contribution in [1.82, 2.24) is 4.98 Å². The molecule has 88 valence electrons. The minimum Gasteiger partial charge on any atom is -0.394 e. The van der Waals surface area contributed by atoms with Gasteiger partial charge in [0, 0.05) is 25.1 Å². The molecule has 1 fully saturated rings. The van der Waals surface area contributed by atoms with Crippen LogP contribution in [-0.2, 0) is 4.74 Å². The van der Waals surface area contributed by atoms with Crippen molar-refractivity contribution in [2.24, 2.45) is 0 Å². The van der Waals surface area contributed by atoms with Crippen molar-refractivity contribution >= 4 is 17.3 Å². The zero-order chi connectivity index (χ0) is 11.4. The van der Waals surface area contributed by atoms with Gasteiger partial charge in [-0.15, -0.1) is 0 Å². The molecule has 0 bridgehead atoms. The van der Waals surface area contributed by atoms with Gasteiger partial charge in [0.05, 0.1) is 12.1 Å². The van der Waals surface area contributed by atoms with Gasteiger partial charge in [0.15, 0.2) is 0 Å². The maximum absolute atomic E-state index is 9.51. The van der Waals surface area contributed by atoms with Crippen molar-refractivity contribution in [2.75, 3.05) is 25.1 Å². The first-order valence-corrected chi connectivity index (χ1v) is 5.70. The average molecular weight is 243 g/mol. The predicted octanol–water partition coefficient (Wildman–Crippen LogP) is 1.69. The summed E-state index contributed by atoms with van der Waals surface area (Å²) in [7, 11) is 0. The van der Waals surface area contributed by atoms with Crippen molar-refractivity contribution in [3.05, 3.63) is 23.5 Å². The second-order valence-corrected chi connectivity index (χ2v) is 4.43. The van der Waals surface area contributed by atoms with E-state index in [1.165, 1.54) is 0 Å². The van der Waals surface area contributed by atoms with Crippen LogP contribution >= 0.6 is 11.6 Å². The number of pyridine rings is 1. The van der Waals surface area contributed by atoms with Crippen LogP contribution in [0.1, 0.15) is 12.8 Å². The highest BCUT2D eigenvalue weighted by Crippen LogP contribution is 2.26. The smallest absolute Gasteiger partial charge is 0.131 e. The minimum atomic E-state index is -0.289. The van der Waals surface area contributed by atoms with Crippen molar-refractivity contribution in [1.29, 1.82) is 0 Å². The predicted molar refractivity (Wildman–Crippen MR) is 62.7 cm³/mol. The van der Waals surface area contributed by atoms with E-state index in [1.807, 2.05) is 6.07 Å². The topological polar surface area (TPSA) is 54.4 Å². The lowest BCUT2D eigenvalue weighted by atomic mass is 9.91. The third kappa shape index (κ3) is 2.64. The van der Waals surface area contributed by atoms with E-state index in [4.69, 9.17) is 16.3 Å². The summed E-state index contributed by atoms with van der Waals surface area (Å²) in [4.78, 5) is 3.92. The normalized spacial score (nSPS) is 19.4. The second kappa shape index (κ2) is 4.99. The van der Waals surface area contributed by atoms with Gasteiger partial charge >= 0.3 is 0 Å². The minimum absolute atomic E-state index is 0.0936. The lowest BCUT2D eigenvalue weighted by Gasteiger charge is -2.37. The van der Waals surface area contributed by atoms with Crippen molar-refractivity contribution in [3.8, 4) is 0 Å². The van der Waals surface area contributed by atoms with E-state index in [9.17, 15) is 5.11 Å². The molecule has 2 heterocycles. The number of rotatable bonds is 3. The maximum Gasteiger partial charge on any atom is 0.131 e. The van der Waals surface area contributed by atoms with Gasteiger partial charge in [-0.25, -0.2) is 4.98 Å². The van der Waals surface area contributed by atoms with Crippen molar-refractivity contribution in [2.45, 2.75) is 18.4 Å². The van der Waals surface area contributed by atoms with Crippen LogP contribution in [0.3, 0.4) is 0 Å². The van der Waals surface area contributed by atoms with E-state index in [0.29, 0.717) is 18.4 Å². The monoisotopic (exact) mass is 242 g/mol. The highest BCUT2D eigenvalue weighted by atomic mass is 35.5. The molecule has 0 saturated carbocycles. The number of ether oxygens (including phenoxy) is 1. The summed E-state index contributed by atoms with van der Waals surface area (Å²) in [6.07, 6.45) is 3.24. The van der Waals surface area contributed by atoms with Gasteiger partial charge in [0.2, 0.25) is 0 Å². The number of nitrogens with zero attached hydrogens (tertiary/aromatic N) is 1. The highest BCUT2D eigenvalue weighted by Gasteiger charge is 2.31. The summed E-state index contributed by atoms with van der Waals surface area (Å²) >= 11 is 5.81. The molecule has 0 unspecified atom stereocenters. The van der Waals surface area contributed by atoms with E-state index in [1.54, 1.807) is 12.3 Å². The molecule has 1 aliphatic rings. The standard InChI is InChI=1S/C11H15ClN2O2/c12-10-7-9(1-4-13-10)14-11(8-15)2-5-16-6-3-11/h1,4,7,15H,2-3,5-6,8H2,(H,13,14). The van der Waals surface area contributed by atoms with Gasteiger partial charge < -0.3 is 15.2 Å². The van der Waals surface area contributed by atoms with Crippen LogP contribution in [0, 0.1) is 0 Å². The SMILES string of the molecule is OCC1(Nc2ccnc(Cl)c2)CCOCC1. The van der Waals surface area contributed by atoms with Crippen LogP contribution in [0.25, 0.3) is 0 Å². The van der Waals surface area contributed by atoms with E-state index >= 15 is 0 Å². The first-order valence-electron chi connectivity index (χ1n) is 5.32. The molecule has 0 aliphatic carbocycles.